The van der Waals surface area contributed by atoms with Gasteiger partial charge in [-0.1, -0.05) is 12.1 Å². The Morgan fingerprint density at radius 1 is 1.29 bits per heavy atom. The number of aromatic amines is 1. The molecule has 5 heteroatoms. The van der Waals surface area contributed by atoms with Crippen molar-refractivity contribution in [2.24, 2.45) is 0 Å². The summed E-state index contributed by atoms with van der Waals surface area (Å²) in [6.07, 6.45) is 0. The van der Waals surface area contributed by atoms with E-state index in [1.165, 1.54) is 20.3 Å². The Kier molecular flexibility index (Phi) is 2.82. The lowest BCUT2D eigenvalue weighted by Crippen LogP contribution is -2.18. The standard InChI is InChI=1S/C12H11NO4/c1-16-9-5-3-4-7-6-8(12(15)17-2)11(14)13-10(7)9/h3-6H,1-2H3,(H,13,14). The Morgan fingerprint density at radius 2 is 2.06 bits per heavy atom. The average molecular weight is 233 g/mol. The first-order valence-electron chi connectivity index (χ1n) is 4.95. The Morgan fingerprint density at radius 3 is 2.71 bits per heavy atom. The van der Waals surface area contributed by atoms with Crippen molar-refractivity contribution in [3.63, 3.8) is 0 Å². The van der Waals surface area contributed by atoms with Gasteiger partial charge >= 0.3 is 5.97 Å². The Labute approximate surface area is 97.0 Å². The lowest BCUT2D eigenvalue weighted by atomic mass is 10.1. The molecule has 1 aromatic carbocycles. The van der Waals surface area contributed by atoms with E-state index in [2.05, 4.69) is 9.72 Å². The maximum atomic E-state index is 11.7. The predicted octanol–water partition coefficient (Wildman–Crippen LogP) is 1.32. The van der Waals surface area contributed by atoms with Crippen molar-refractivity contribution < 1.29 is 14.3 Å². The molecule has 0 spiro atoms. The minimum Gasteiger partial charge on any atom is -0.495 e. The van der Waals surface area contributed by atoms with Crippen LogP contribution in [0.3, 0.4) is 0 Å². The highest BCUT2D eigenvalue weighted by molar-refractivity contribution is 5.94. The zero-order valence-electron chi connectivity index (χ0n) is 9.44. The molecular weight excluding hydrogens is 222 g/mol. The monoisotopic (exact) mass is 233 g/mol. The van der Waals surface area contributed by atoms with E-state index in [-0.39, 0.29) is 5.56 Å². The smallest absolute Gasteiger partial charge is 0.343 e. The van der Waals surface area contributed by atoms with Gasteiger partial charge in [-0.3, -0.25) is 4.79 Å². The molecule has 0 aliphatic carbocycles. The highest BCUT2D eigenvalue weighted by atomic mass is 16.5. The highest BCUT2D eigenvalue weighted by Gasteiger charge is 2.13. The maximum absolute atomic E-state index is 11.7. The fourth-order valence-electron chi connectivity index (χ4n) is 1.64. The van der Waals surface area contributed by atoms with Gasteiger partial charge in [-0.05, 0) is 12.1 Å². The van der Waals surface area contributed by atoms with Gasteiger partial charge in [0.05, 0.1) is 19.7 Å². The summed E-state index contributed by atoms with van der Waals surface area (Å²) in [5.41, 5.74) is 0.0507. The summed E-state index contributed by atoms with van der Waals surface area (Å²) >= 11 is 0. The largest absolute Gasteiger partial charge is 0.495 e. The normalized spacial score (nSPS) is 10.2. The molecule has 0 atom stereocenters. The van der Waals surface area contributed by atoms with Gasteiger partial charge in [0.1, 0.15) is 11.3 Å². The number of esters is 1. The summed E-state index contributed by atoms with van der Waals surface area (Å²) < 4.78 is 9.66. The molecule has 0 unspecified atom stereocenters. The molecule has 0 saturated carbocycles. The first-order valence-corrected chi connectivity index (χ1v) is 4.95. The third-order valence-corrected chi connectivity index (χ3v) is 2.47. The van der Waals surface area contributed by atoms with Gasteiger partial charge in [0.25, 0.3) is 5.56 Å². The van der Waals surface area contributed by atoms with E-state index in [1.807, 2.05) is 0 Å². The lowest BCUT2D eigenvalue weighted by Gasteiger charge is -2.06. The molecule has 2 aromatic rings. The van der Waals surface area contributed by atoms with Crippen LogP contribution in [0.2, 0.25) is 0 Å². The van der Waals surface area contributed by atoms with Crippen LogP contribution in [0.1, 0.15) is 10.4 Å². The molecule has 2 rings (SSSR count). The zero-order chi connectivity index (χ0) is 12.4. The van der Waals surface area contributed by atoms with E-state index in [9.17, 15) is 9.59 Å². The van der Waals surface area contributed by atoms with Crippen LogP contribution < -0.4 is 10.3 Å². The van der Waals surface area contributed by atoms with Gasteiger partial charge in [0.15, 0.2) is 0 Å². The molecule has 88 valence electrons. The molecular formula is C12H11NO4. The topological polar surface area (TPSA) is 68.4 Å². The zero-order valence-corrected chi connectivity index (χ0v) is 9.44. The second-order valence-electron chi connectivity index (χ2n) is 3.43. The molecule has 0 radical (unpaired) electrons. The van der Waals surface area contributed by atoms with Gasteiger partial charge in [-0.25, -0.2) is 4.79 Å². The Balaban J connectivity index is 2.75. The van der Waals surface area contributed by atoms with Crippen molar-refractivity contribution >= 4 is 16.9 Å². The average Bonchev–Trinajstić information content (AvgIpc) is 2.36. The molecule has 0 fully saturated rings. The van der Waals surface area contributed by atoms with Crippen LogP contribution in [-0.2, 0) is 4.74 Å². The molecule has 5 nitrogen and oxygen atoms in total. The number of pyridine rings is 1. The SMILES string of the molecule is COC(=O)c1cc2cccc(OC)c2[nH]c1=O. The van der Waals surface area contributed by atoms with Crippen molar-refractivity contribution in [3.05, 3.63) is 40.2 Å². The molecule has 0 aliphatic rings. The van der Waals surface area contributed by atoms with Crippen molar-refractivity contribution in [1.29, 1.82) is 0 Å². The van der Waals surface area contributed by atoms with Crippen LogP contribution in [0, 0.1) is 0 Å². The van der Waals surface area contributed by atoms with Crippen LogP contribution in [0.4, 0.5) is 0 Å². The predicted molar refractivity (Wildman–Crippen MR) is 62.5 cm³/mol. The number of aromatic nitrogens is 1. The molecule has 0 saturated heterocycles. The number of H-pyrrole nitrogens is 1. The number of fused-ring (bicyclic) bond motifs is 1. The summed E-state index contributed by atoms with van der Waals surface area (Å²) in [5, 5.41) is 0.712. The minimum atomic E-state index is -0.657. The number of methoxy groups -OCH3 is 2. The van der Waals surface area contributed by atoms with E-state index < -0.39 is 11.5 Å². The number of hydrogen-bond donors (Lipinski definition) is 1. The van der Waals surface area contributed by atoms with Gasteiger partial charge in [0.2, 0.25) is 0 Å². The third kappa shape index (κ3) is 1.87. The number of rotatable bonds is 2. The van der Waals surface area contributed by atoms with Gasteiger partial charge in [-0.2, -0.15) is 0 Å². The number of hydrogen-bond acceptors (Lipinski definition) is 4. The summed E-state index contributed by atoms with van der Waals surface area (Å²) in [4.78, 5) is 25.7. The first kappa shape index (κ1) is 11.2. The number of carbonyl (C=O) groups excluding carboxylic acids is 1. The van der Waals surface area contributed by atoms with Crippen molar-refractivity contribution in [3.8, 4) is 5.75 Å². The number of carbonyl (C=O) groups is 1. The molecule has 1 aromatic heterocycles. The molecule has 17 heavy (non-hydrogen) atoms. The molecule has 0 amide bonds. The van der Waals surface area contributed by atoms with E-state index in [0.717, 1.165) is 0 Å². The summed E-state index contributed by atoms with van der Waals surface area (Å²) in [6.45, 7) is 0. The third-order valence-electron chi connectivity index (χ3n) is 2.47. The quantitative estimate of drug-likeness (QED) is 0.794. The highest BCUT2D eigenvalue weighted by Crippen LogP contribution is 2.22. The van der Waals surface area contributed by atoms with E-state index in [1.54, 1.807) is 18.2 Å². The van der Waals surface area contributed by atoms with Crippen LogP contribution in [-0.4, -0.2) is 25.2 Å². The fraction of sp³-hybridized carbons (Fsp3) is 0.167. The summed E-state index contributed by atoms with van der Waals surface area (Å²) in [5.74, 6) is -0.105. The molecule has 0 aliphatic heterocycles. The Hall–Kier alpha value is -2.30. The minimum absolute atomic E-state index is 0.0201. The van der Waals surface area contributed by atoms with Crippen LogP contribution in [0.15, 0.2) is 29.1 Å². The van der Waals surface area contributed by atoms with Crippen LogP contribution >= 0.6 is 0 Å². The van der Waals surface area contributed by atoms with Crippen molar-refractivity contribution in [2.75, 3.05) is 14.2 Å². The maximum Gasteiger partial charge on any atom is 0.343 e. The fourth-order valence-corrected chi connectivity index (χ4v) is 1.64. The number of ether oxygens (including phenoxy) is 2. The molecule has 1 N–H and O–H groups in total. The van der Waals surface area contributed by atoms with Crippen molar-refractivity contribution in [1.82, 2.24) is 4.98 Å². The number of para-hydroxylation sites is 1. The van der Waals surface area contributed by atoms with Gasteiger partial charge in [0, 0.05) is 5.39 Å². The van der Waals surface area contributed by atoms with Gasteiger partial charge < -0.3 is 14.5 Å². The molecule has 0 bridgehead atoms. The lowest BCUT2D eigenvalue weighted by molar-refractivity contribution is 0.0599. The second kappa shape index (κ2) is 4.29. The van der Waals surface area contributed by atoms with E-state index >= 15 is 0 Å². The van der Waals surface area contributed by atoms with Gasteiger partial charge in [-0.15, -0.1) is 0 Å². The summed E-state index contributed by atoms with van der Waals surface area (Å²) in [7, 11) is 2.75. The number of nitrogens with one attached hydrogen (secondary N) is 1. The first-order chi connectivity index (χ1) is 8.17. The Bertz CT molecular complexity index is 630. The van der Waals surface area contributed by atoms with E-state index in [4.69, 9.17) is 4.74 Å². The van der Waals surface area contributed by atoms with Crippen molar-refractivity contribution in [2.45, 2.75) is 0 Å². The number of benzene rings is 1. The van der Waals surface area contributed by atoms with E-state index in [0.29, 0.717) is 16.7 Å². The summed E-state index contributed by atoms with van der Waals surface area (Å²) in [6, 6.07) is 6.78. The molecule has 1 heterocycles. The second-order valence-corrected chi connectivity index (χ2v) is 3.43. The van der Waals surface area contributed by atoms with Crippen LogP contribution in [0.25, 0.3) is 10.9 Å². The van der Waals surface area contributed by atoms with Crippen LogP contribution in [0.5, 0.6) is 5.75 Å².